The van der Waals surface area contributed by atoms with E-state index < -0.39 is 0 Å². The average molecular weight is 165 g/mol. The first kappa shape index (κ1) is 8.29. The maximum atomic E-state index is 8.62. The van der Waals surface area contributed by atoms with Crippen molar-refractivity contribution in [1.29, 1.82) is 5.26 Å². The van der Waals surface area contributed by atoms with Crippen molar-refractivity contribution in [2.24, 2.45) is 0 Å². The van der Waals surface area contributed by atoms with Gasteiger partial charge < -0.3 is 0 Å². The van der Waals surface area contributed by atoms with E-state index in [1.807, 2.05) is 6.07 Å². The molecule has 2 heteroatoms. The lowest BCUT2D eigenvalue weighted by Gasteiger charge is -2.00. The van der Waals surface area contributed by atoms with Gasteiger partial charge in [-0.25, -0.2) is 0 Å². The maximum absolute atomic E-state index is 8.62. The Bertz CT molecular complexity index is 291. The summed E-state index contributed by atoms with van der Waals surface area (Å²) in [5.41, 5.74) is 1.25. The number of hydrogen-bond donors (Lipinski definition) is 0. The summed E-state index contributed by atoms with van der Waals surface area (Å²) in [7, 11) is 0. The molecule has 0 aliphatic heterocycles. The van der Waals surface area contributed by atoms with Crippen LogP contribution in [0.5, 0.6) is 0 Å². The Hall–Kier alpha value is -0.810. The molecule has 1 rings (SSSR count). The summed E-state index contributed by atoms with van der Waals surface area (Å²) in [6.45, 7) is 6.37. The third-order valence-corrected chi connectivity index (χ3v) is 3.03. The van der Waals surface area contributed by atoms with Gasteiger partial charge in [-0.1, -0.05) is 13.8 Å². The van der Waals surface area contributed by atoms with Crippen molar-refractivity contribution in [2.45, 2.75) is 26.7 Å². The van der Waals surface area contributed by atoms with Crippen LogP contribution < -0.4 is 0 Å². The zero-order valence-corrected chi connectivity index (χ0v) is 7.83. The summed E-state index contributed by atoms with van der Waals surface area (Å²) < 4.78 is 0. The third kappa shape index (κ3) is 1.61. The molecule has 0 aliphatic carbocycles. The van der Waals surface area contributed by atoms with Gasteiger partial charge in [-0.3, -0.25) is 0 Å². The highest BCUT2D eigenvalue weighted by molar-refractivity contribution is 7.12. The van der Waals surface area contributed by atoms with Gasteiger partial charge in [0.2, 0.25) is 0 Å². The lowest BCUT2D eigenvalue weighted by atomic mass is 10.1. The minimum atomic E-state index is 0.544. The molecule has 0 radical (unpaired) electrons. The first-order chi connectivity index (χ1) is 5.15. The SMILES string of the molecule is Cc1cc(C#N)sc1C(C)C. The zero-order valence-electron chi connectivity index (χ0n) is 7.01. The van der Waals surface area contributed by atoms with Gasteiger partial charge in [-0.2, -0.15) is 5.26 Å². The number of rotatable bonds is 1. The number of aryl methyl sites for hydroxylation is 1. The predicted octanol–water partition coefficient (Wildman–Crippen LogP) is 3.05. The van der Waals surface area contributed by atoms with E-state index in [-0.39, 0.29) is 0 Å². The Labute approximate surface area is 71.3 Å². The molecular formula is C9H11NS. The highest BCUT2D eigenvalue weighted by Crippen LogP contribution is 2.27. The molecule has 58 valence electrons. The quantitative estimate of drug-likeness (QED) is 0.627. The minimum Gasteiger partial charge on any atom is -0.192 e. The van der Waals surface area contributed by atoms with Gasteiger partial charge in [-0.05, 0) is 24.5 Å². The molecule has 1 nitrogen and oxygen atoms in total. The van der Waals surface area contributed by atoms with E-state index in [2.05, 4.69) is 26.8 Å². The van der Waals surface area contributed by atoms with Gasteiger partial charge in [0.1, 0.15) is 10.9 Å². The number of nitriles is 1. The van der Waals surface area contributed by atoms with E-state index in [0.29, 0.717) is 5.92 Å². The lowest BCUT2D eigenvalue weighted by Crippen LogP contribution is -1.82. The van der Waals surface area contributed by atoms with Crippen LogP contribution >= 0.6 is 11.3 Å². The molecule has 0 amide bonds. The molecule has 0 unspecified atom stereocenters. The van der Waals surface area contributed by atoms with Crippen molar-refractivity contribution in [1.82, 2.24) is 0 Å². The normalized spacial score (nSPS) is 10.1. The summed E-state index contributed by atoms with van der Waals surface area (Å²) in [5, 5.41) is 8.62. The molecule has 0 spiro atoms. The smallest absolute Gasteiger partial charge is 0.110 e. The van der Waals surface area contributed by atoms with Crippen molar-refractivity contribution in [3.63, 3.8) is 0 Å². The van der Waals surface area contributed by atoms with Crippen LogP contribution in [0.4, 0.5) is 0 Å². The molecule has 11 heavy (non-hydrogen) atoms. The molecular weight excluding hydrogens is 154 g/mol. The van der Waals surface area contributed by atoms with Crippen LogP contribution in [0.1, 0.15) is 35.1 Å². The molecule has 1 aromatic rings. The Morgan fingerprint density at radius 3 is 2.45 bits per heavy atom. The topological polar surface area (TPSA) is 23.8 Å². The van der Waals surface area contributed by atoms with Crippen LogP contribution in [0.2, 0.25) is 0 Å². The van der Waals surface area contributed by atoms with Crippen molar-refractivity contribution in [3.8, 4) is 6.07 Å². The van der Waals surface area contributed by atoms with Crippen LogP contribution in [0.25, 0.3) is 0 Å². The standard InChI is InChI=1S/C9H11NS/c1-6(2)9-7(3)4-8(5-10)11-9/h4,6H,1-3H3. The van der Waals surface area contributed by atoms with Gasteiger partial charge in [0.05, 0.1) is 0 Å². The first-order valence-corrected chi connectivity index (χ1v) is 4.47. The van der Waals surface area contributed by atoms with Crippen molar-refractivity contribution in [2.75, 3.05) is 0 Å². The molecule has 0 aromatic carbocycles. The Balaban J connectivity index is 3.09. The monoisotopic (exact) mass is 165 g/mol. The van der Waals surface area contributed by atoms with E-state index in [1.54, 1.807) is 11.3 Å². The van der Waals surface area contributed by atoms with Crippen LogP contribution in [-0.2, 0) is 0 Å². The van der Waals surface area contributed by atoms with E-state index in [4.69, 9.17) is 5.26 Å². The highest BCUT2D eigenvalue weighted by atomic mass is 32.1. The molecule has 0 fully saturated rings. The number of hydrogen-bond acceptors (Lipinski definition) is 2. The summed E-state index contributed by atoms with van der Waals surface area (Å²) >= 11 is 1.61. The summed E-state index contributed by atoms with van der Waals surface area (Å²) in [6, 6.07) is 4.12. The van der Waals surface area contributed by atoms with E-state index in [9.17, 15) is 0 Å². The molecule has 0 bridgehead atoms. The maximum Gasteiger partial charge on any atom is 0.110 e. The Morgan fingerprint density at radius 1 is 1.55 bits per heavy atom. The second-order valence-electron chi connectivity index (χ2n) is 2.92. The molecule has 0 N–H and O–H groups in total. The lowest BCUT2D eigenvalue weighted by molar-refractivity contribution is 0.881. The average Bonchev–Trinajstić information content (AvgIpc) is 2.30. The summed E-state index contributed by atoms with van der Waals surface area (Å²) in [5.74, 6) is 0.544. The van der Waals surface area contributed by atoms with Gasteiger partial charge in [0, 0.05) is 4.88 Å². The fraction of sp³-hybridized carbons (Fsp3) is 0.444. The number of nitrogens with zero attached hydrogens (tertiary/aromatic N) is 1. The second-order valence-corrected chi connectivity index (χ2v) is 4.01. The zero-order chi connectivity index (χ0) is 8.43. The van der Waals surface area contributed by atoms with Crippen molar-refractivity contribution >= 4 is 11.3 Å². The van der Waals surface area contributed by atoms with E-state index >= 15 is 0 Å². The van der Waals surface area contributed by atoms with Crippen LogP contribution in [0.3, 0.4) is 0 Å². The first-order valence-electron chi connectivity index (χ1n) is 3.65. The Morgan fingerprint density at radius 2 is 2.18 bits per heavy atom. The molecule has 0 atom stereocenters. The van der Waals surface area contributed by atoms with Gasteiger partial charge in [0.15, 0.2) is 0 Å². The van der Waals surface area contributed by atoms with E-state index in [1.165, 1.54) is 10.4 Å². The van der Waals surface area contributed by atoms with Crippen molar-refractivity contribution in [3.05, 3.63) is 21.4 Å². The fourth-order valence-corrected chi connectivity index (χ4v) is 2.10. The van der Waals surface area contributed by atoms with Gasteiger partial charge in [0.25, 0.3) is 0 Å². The third-order valence-electron chi connectivity index (χ3n) is 1.59. The molecule has 0 saturated heterocycles. The largest absolute Gasteiger partial charge is 0.192 e. The molecule has 1 aromatic heterocycles. The highest BCUT2D eigenvalue weighted by Gasteiger charge is 2.07. The predicted molar refractivity (Wildman–Crippen MR) is 47.9 cm³/mol. The summed E-state index contributed by atoms with van der Waals surface area (Å²) in [4.78, 5) is 2.16. The van der Waals surface area contributed by atoms with Crippen LogP contribution in [0.15, 0.2) is 6.07 Å². The van der Waals surface area contributed by atoms with Gasteiger partial charge >= 0.3 is 0 Å². The Kier molecular flexibility index (Phi) is 2.31. The fourth-order valence-electron chi connectivity index (χ4n) is 1.12. The van der Waals surface area contributed by atoms with E-state index in [0.717, 1.165) is 4.88 Å². The van der Waals surface area contributed by atoms with Crippen LogP contribution in [-0.4, -0.2) is 0 Å². The second kappa shape index (κ2) is 3.06. The molecule has 0 aliphatic rings. The van der Waals surface area contributed by atoms with Gasteiger partial charge in [-0.15, -0.1) is 11.3 Å². The number of thiophene rings is 1. The molecule has 0 saturated carbocycles. The molecule has 1 heterocycles. The van der Waals surface area contributed by atoms with Crippen LogP contribution in [0, 0.1) is 18.3 Å². The minimum absolute atomic E-state index is 0.544. The summed E-state index contributed by atoms with van der Waals surface area (Å²) in [6.07, 6.45) is 0. The van der Waals surface area contributed by atoms with Crippen molar-refractivity contribution < 1.29 is 0 Å².